The summed E-state index contributed by atoms with van der Waals surface area (Å²) in [5.74, 6) is 1.44. The van der Waals surface area contributed by atoms with Gasteiger partial charge in [0.25, 0.3) is 0 Å². The first-order valence-electron chi connectivity index (χ1n) is 5.58. The quantitative estimate of drug-likeness (QED) is 0.683. The highest BCUT2D eigenvalue weighted by Crippen LogP contribution is 2.23. The van der Waals surface area contributed by atoms with E-state index in [0.29, 0.717) is 18.9 Å². The van der Waals surface area contributed by atoms with Crippen LogP contribution in [0.25, 0.3) is 0 Å². The van der Waals surface area contributed by atoms with E-state index in [0.717, 1.165) is 24.2 Å². The molecule has 1 aromatic rings. The highest BCUT2D eigenvalue weighted by molar-refractivity contribution is 5.48. The Morgan fingerprint density at radius 3 is 2.88 bits per heavy atom. The van der Waals surface area contributed by atoms with Crippen LogP contribution in [0.4, 0.5) is 5.82 Å². The van der Waals surface area contributed by atoms with Crippen LogP contribution >= 0.6 is 0 Å². The third-order valence-electron chi connectivity index (χ3n) is 2.18. The van der Waals surface area contributed by atoms with Gasteiger partial charge < -0.3 is 15.2 Å². The molecular formula is C11H19N3O2. The van der Waals surface area contributed by atoms with Crippen molar-refractivity contribution < 1.29 is 9.84 Å². The number of aliphatic hydroxyl groups is 1. The van der Waals surface area contributed by atoms with Crippen LogP contribution in [0.15, 0.2) is 6.33 Å². The van der Waals surface area contributed by atoms with E-state index in [9.17, 15) is 0 Å². The first-order chi connectivity index (χ1) is 7.83. The van der Waals surface area contributed by atoms with Crippen molar-refractivity contribution in [3.8, 4) is 5.88 Å². The second-order valence-electron chi connectivity index (χ2n) is 3.43. The third kappa shape index (κ3) is 3.34. The van der Waals surface area contributed by atoms with Crippen molar-refractivity contribution in [3.63, 3.8) is 0 Å². The highest BCUT2D eigenvalue weighted by Gasteiger charge is 2.10. The zero-order chi connectivity index (χ0) is 11.8. The van der Waals surface area contributed by atoms with E-state index in [-0.39, 0.29) is 6.61 Å². The lowest BCUT2D eigenvalue weighted by Crippen LogP contribution is -2.07. The van der Waals surface area contributed by atoms with E-state index in [4.69, 9.17) is 9.84 Å². The molecule has 1 heterocycles. The standard InChI is InChI=1S/C11H19N3O2/c1-3-5-9-10(12-2)13-8-14-11(9)16-7-4-6-15/h8,15H,3-7H2,1-2H3,(H,12,13,14). The van der Waals surface area contributed by atoms with Crippen molar-refractivity contribution in [2.45, 2.75) is 26.2 Å². The van der Waals surface area contributed by atoms with Gasteiger partial charge >= 0.3 is 0 Å². The summed E-state index contributed by atoms with van der Waals surface area (Å²) < 4.78 is 5.52. The molecular weight excluding hydrogens is 206 g/mol. The summed E-state index contributed by atoms with van der Waals surface area (Å²) in [6.07, 6.45) is 3.99. The Hall–Kier alpha value is -1.36. The van der Waals surface area contributed by atoms with Crippen LogP contribution in [0.1, 0.15) is 25.3 Å². The normalized spacial score (nSPS) is 10.2. The van der Waals surface area contributed by atoms with Gasteiger partial charge in [-0.25, -0.2) is 9.97 Å². The van der Waals surface area contributed by atoms with Crippen molar-refractivity contribution in [1.29, 1.82) is 0 Å². The number of aliphatic hydroxyl groups excluding tert-OH is 1. The maximum Gasteiger partial charge on any atom is 0.221 e. The summed E-state index contributed by atoms with van der Waals surface area (Å²) >= 11 is 0. The molecule has 0 saturated heterocycles. The highest BCUT2D eigenvalue weighted by atomic mass is 16.5. The van der Waals surface area contributed by atoms with Crippen LogP contribution in [-0.2, 0) is 6.42 Å². The predicted octanol–water partition coefficient (Wildman–Crippen LogP) is 1.23. The summed E-state index contributed by atoms with van der Waals surface area (Å²) in [7, 11) is 1.83. The minimum absolute atomic E-state index is 0.132. The van der Waals surface area contributed by atoms with Gasteiger partial charge in [-0.15, -0.1) is 0 Å². The lowest BCUT2D eigenvalue weighted by molar-refractivity contribution is 0.228. The summed E-state index contributed by atoms with van der Waals surface area (Å²) in [6.45, 7) is 2.71. The van der Waals surface area contributed by atoms with E-state index in [1.54, 1.807) is 0 Å². The van der Waals surface area contributed by atoms with Crippen molar-refractivity contribution in [2.75, 3.05) is 25.6 Å². The van der Waals surface area contributed by atoms with Crippen LogP contribution in [0.3, 0.4) is 0 Å². The molecule has 0 aromatic carbocycles. The molecule has 0 amide bonds. The molecule has 16 heavy (non-hydrogen) atoms. The fourth-order valence-electron chi connectivity index (χ4n) is 1.44. The number of hydrogen-bond donors (Lipinski definition) is 2. The second kappa shape index (κ2) is 7.00. The van der Waals surface area contributed by atoms with Gasteiger partial charge in [-0.2, -0.15) is 0 Å². The first kappa shape index (κ1) is 12.7. The topological polar surface area (TPSA) is 67.3 Å². The lowest BCUT2D eigenvalue weighted by Gasteiger charge is -2.12. The second-order valence-corrected chi connectivity index (χ2v) is 3.43. The van der Waals surface area contributed by atoms with Crippen molar-refractivity contribution in [2.24, 2.45) is 0 Å². The third-order valence-corrected chi connectivity index (χ3v) is 2.18. The number of aromatic nitrogens is 2. The van der Waals surface area contributed by atoms with E-state index in [1.807, 2.05) is 7.05 Å². The summed E-state index contributed by atoms with van der Waals surface area (Å²) in [6, 6.07) is 0. The Labute approximate surface area is 95.9 Å². The van der Waals surface area contributed by atoms with Gasteiger partial charge in [-0.3, -0.25) is 0 Å². The first-order valence-corrected chi connectivity index (χ1v) is 5.58. The molecule has 1 aromatic heterocycles. The molecule has 0 fully saturated rings. The average molecular weight is 225 g/mol. The van der Waals surface area contributed by atoms with E-state index in [1.165, 1.54) is 6.33 Å². The van der Waals surface area contributed by atoms with Crippen LogP contribution in [0.5, 0.6) is 5.88 Å². The van der Waals surface area contributed by atoms with Gasteiger partial charge in [0.15, 0.2) is 0 Å². The minimum atomic E-state index is 0.132. The van der Waals surface area contributed by atoms with E-state index in [2.05, 4.69) is 22.2 Å². The van der Waals surface area contributed by atoms with Gasteiger partial charge in [-0.1, -0.05) is 13.3 Å². The molecule has 1 rings (SSSR count). The molecule has 0 radical (unpaired) electrons. The van der Waals surface area contributed by atoms with Crippen molar-refractivity contribution >= 4 is 5.82 Å². The Balaban J connectivity index is 2.79. The number of rotatable bonds is 7. The van der Waals surface area contributed by atoms with Gasteiger partial charge in [0.05, 0.1) is 12.2 Å². The molecule has 0 atom stereocenters. The molecule has 90 valence electrons. The molecule has 0 aliphatic carbocycles. The smallest absolute Gasteiger partial charge is 0.221 e. The molecule has 5 heteroatoms. The fraction of sp³-hybridized carbons (Fsp3) is 0.636. The summed E-state index contributed by atoms with van der Waals surface area (Å²) in [4.78, 5) is 8.28. The molecule has 0 bridgehead atoms. The Kier molecular flexibility index (Phi) is 5.56. The Bertz CT molecular complexity index is 318. The molecule has 5 nitrogen and oxygen atoms in total. The van der Waals surface area contributed by atoms with Crippen LogP contribution in [0, 0.1) is 0 Å². The lowest BCUT2D eigenvalue weighted by atomic mass is 10.2. The number of nitrogens with zero attached hydrogens (tertiary/aromatic N) is 2. The molecule has 0 spiro atoms. The van der Waals surface area contributed by atoms with Gasteiger partial charge in [0, 0.05) is 20.1 Å². The maximum atomic E-state index is 8.69. The maximum absolute atomic E-state index is 8.69. The number of ether oxygens (including phenoxy) is 1. The van der Waals surface area contributed by atoms with Crippen molar-refractivity contribution in [3.05, 3.63) is 11.9 Å². The zero-order valence-electron chi connectivity index (χ0n) is 9.86. The predicted molar refractivity (Wildman–Crippen MR) is 62.8 cm³/mol. The molecule has 0 aliphatic rings. The van der Waals surface area contributed by atoms with Crippen LogP contribution in [0.2, 0.25) is 0 Å². The van der Waals surface area contributed by atoms with E-state index < -0.39 is 0 Å². The summed E-state index contributed by atoms with van der Waals surface area (Å²) in [5, 5.41) is 11.7. The zero-order valence-corrected chi connectivity index (χ0v) is 9.86. The van der Waals surface area contributed by atoms with E-state index >= 15 is 0 Å². The molecule has 2 N–H and O–H groups in total. The Morgan fingerprint density at radius 2 is 2.25 bits per heavy atom. The Morgan fingerprint density at radius 1 is 1.44 bits per heavy atom. The molecule has 0 saturated carbocycles. The van der Waals surface area contributed by atoms with Gasteiger partial charge in [-0.05, 0) is 6.42 Å². The summed E-state index contributed by atoms with van der Waals surface area (Å²) in [5.41, 5.74) is 1.01. The number of anilines is 1. The van der Waals surface area contributed by atoms with Gasteiger partial charge in [0.1, 0.15) is 12.1 Å². The number of hydrogen-bond acceptors (Lipinski definition) is 5. The van der Waals surface area contributed by atoms with Crippen molar-refractivity contribution in [1.82, 2.24) is 9.97 Å². The number of nitrogens with one attached hydrogen (secondary N) is 1. The van der Waals surface area contributed by atoms with Crippen LogP contribution < -0.4 is 10.1 Å². The fourth-order valence-corrected chi connectivity index (χ4v) is 1.44. The van der Waals surface area contributed by atoms with Crippen LogP contribution in [-0.4, -0.2) is 35.3 Å². The SMILES string of the molecule is CCCc1c(NC)ncnc1OCCCO. The average Bonchev–Trinajstić information content (AvgIpc) is 2.31. The minimum Gasteiger partial charge on any atom is -0.477 e. The van der Waals surface area contributed by atoms with Gasteiger partial charge in [0.2, 0.25) is 5.88 Å². The largest absolute Gasteiger partial charge is 0.477 e. The molecule has 0 unspecified atom stereocenters. The monoisotopic (exact) mass is 225 g/mol. The molecule has 0 aliphatic heterocycles.